The van der Waals surface area contributed by atoms with Crippen LogP contribution in [-0.4, -0.2) is 15.2 Å². The minimum absolute atomic E-state index is 0.439. The largest absolute Gasteiger partial charge is 0.263 e. The zero-order valence-electron chi connectivity index (χ0n) is 7.18. The molecule has 0 aliphatic heterocycles. The number of hydrogen-bond donors (Lipinski definition) is 1. The summed E-state index contributed by atoms with van der Waals surface area (Å²) in [7, 11) is 0. The molecule has 11 heavy (non-hydrogen) atoms. The maximum atomic E-state index is 4.30. The summed E-state index contributed by atoms with van der Waals surface area (Å²) in [4.78, 5) is 4.30. The molecule has 60 valence electrons. The van der Waals surface area contributed by atoms with Crippen molar-refractivity contribution >= 4 is 0 Å². The molecule has 1 fully saturated rings. The van der Waals surface area contributed by atoms with Crippen LogP contribution in [0.2, 0.25) is 0 Å². The number of aryl methyl sites for hydroxylation is 1. The first-order valence-corrected chi connectivity index (χ1v) is 3.98. The van der Waals surface area contributed by atoms with E-state index in [1.54, 1.807) is 0 Å². The van der Waals surface area contributed by atoms with Crippen molar-refractivity contribution < 1.29 is 0 Å². The number of aromatic amines is 1. The summed E-state index contributed by atoms with van der Waals surface area (Å²) >= 11 is 0. The van der Waals surface area contributed by atoms with Crippen LogP contribution in [0.1, 0.15) is 37.8 Å². The van der Waals surface area contributed by atoms with Crippen LogP contribution in [0.3, 0.4) is 0 Å². The van der Waals surface area contributed by atoms with E-state index in [2.05, 4.69) is 29.0 Å². The van der Waals surface area contributed by atoms with Gasteiger partial charge in [0.15, 0.2) is 5.82 Å². The molecular weight excluding hydrogens is 138 g/mol. The molecule has 0 amide bonds. The van der Waals surface area contributed by atoms with E-state index in [1.807, 2.05) is 6.92 Å². The van der Waals surface area contributed by atoms with Gasteiger partial charge < -0.3 is 0 Å². The molecule has 1 heterocycles. The Balaban J connectivity index is 2.20. The maximum Gasteiger partial charge on any atom is 0.154 e. The van der Waals surface area contributed by atoms with Crippen molar-refractivity contribution in [2.75, 3.05) is 0 Å². The van der Waals surface area contributed by atoms with Gasteiger partial charge in [-0.2, -0.15) is 5.10 Å². The Bertz CT molecular complexity index is 275. The monoisotopic (exact) mass is 151 g/mol. The molecule has 0 aromatic carbocycles. The minimum atomic E-state index is 0.439. The lowest BCUT2D eigenvalue weighted by Crippen LogP contribution is -1.91. The van der Waals surface area contributed by atoms with Crippen molar-refractivity contribution in [3.8, 4) is 0 Å². The Labute approximate surface area is 66.2 Å². The number of H-pyrrole nitrogens is 1. The van der Waals surface area contributed by atoms with E-state index in [9.17, 15) is 0 Å². The molecule has 1 saturated carbocycles. The van der Waals surface area contributed by atoms with Gasteiger partial charge in [0, 0.05) is 5.92 Å². The third-order valence-corrected chi connectivity index (χ3v) is 2.44. The predicted octanol–water partition coefficient (Wildman–Crippen LogP) is 1.63. The Morgan fingerprint density at radius 1 is 1.55 bits per heavy atom. The van der Waals surface area contributed by atoms with Gasteiger partial charge in [-0.15, -0.1) is 0 Å². The molecule has 1 N–H and O–H groups in total. The van der Waals surface area contributed by atoms with Gasteiger partial charge in [0.25, 0.3) is 0 Å². The second kappa shape index (κ2) is 1.84. The molecule has 1 aromatic rings. The first-order valence-electron chi connectivity index (χ1n) is 3.98. The number of hydrogen-bond acceptors (Lipinski definition) is 2. The average molecular weight is 151 g/mol. The minimum Gasteiger partial charge on any atom is -0.263 e. The van der Waals surface area contributed by atoms with Crippen LogP contribution in [0.15, 0.2) is 0 Å². The number of nitrogens with zero attached hydrogens (tertiary/aromatic N) is 2. The second-order valence-electron chi connectivity index (χ2n) is 4.02. The fraction of sp³-hybridized carbons (Fsp3) is 0.750. The molecule has 0 radical (unpaired) electrons. The van der Waals surface area contributed by atoms with Gasteiger partial charge in [0.05, 0.1) is 0 Å². The molecule has 1 aromatic heterocycles. The van der Waals surface area contributed by atoms with E-state index in [-0.39, 0.29) is 0 Å². The predicted molar refractivity (Wildman–Crippen MR) is 42.3 cm³/mol. The van der Waals surface area contributed by atoms with E-state index in [0.717, 1.165) is 11.6 Å². The smallest absolute Gasteiger partial charge is 0.154 e. The lowest BCUT2D eigenvalue weighted by Gasteiger charge is -1.96. The van der Waals surface area contributed by atoms with Gasteiger partial charge in [-0.3, -0.25) is 5.10 Å². The summed E-state index contributed by atoms with van der Waals surface area (Å²) in [5, 5.41) is 7.00. The zero-order valence-corrected chi connectivity index (χ0v) is 7.18. The summed E-state index contributed by atoms with van der Waals surface area (Å²) in [6.45, 7) is 6.44. The molecule has 0 saturated heterocycles. The summed E-state index contributed by atoms with van der Waals surface area (Å²) in [5.74, 6) is 2.50. The zero-order chi connectivity index (χ0) is 8.06. The van der Waals surface area contributed by atoms with Crippen LogP contribution in [0.4, 0.5) is 0 Å². The lowest BCUT2D eigenvalue weighted by molar-refractivity contribution is 0.609. The van der Waals surface area contributed by atoms with Crippen molar-refractivity contribution in [1.82, 2.24) is 15.2 Å². The first kappa shape index (κ1) is 6.83. The highest BCUT2D eigenvalue weighted by atomic mass is 15.2. The highest BCUT2D eigenvalue weighted by Gasteiger charge is 2.48. The van der Waals surface area contributed by atoms with Crippen LogP contribution in [0.5, 0.6) is 0 Å². The number of aromatic nitrogens is 3. The van der Waals surface area contributed by atoms with Crippen molar-refractivity contribution in [2.45, 2.75) is 33.1 Å². The Morgan fingerprint density at radius 3 is 2.55 bits per heavy atom. The summed E-state index contributed by atoms with van der Waals surface area (Å²) in [5.41, 5.74) is 0.439. The van der Waals surface area contributed by atoms with Gasteiger partial charge in [0.1, 0.15) is 5.82 Å². The first-order chi connectivity index (χ1) is 5.09. The average Bonchev–Trinajstić information content (AvgIpc) is 2.39. The van der Waals surface area contributed by atoms with Gasteiger partial charge in [-0.05, 0) is 18.8 Å². The van der Waals surface area contributed by atoms with Crippen LogP contribution in [0.25, 0.3) is 0 Å². The van der Waals surface area contributed by atoms with Crippen LogP contribution in [-0.2, 0) is 0 Å². The molecule has 1 aliphatic carbocycles. The highest BCUT2D eigenvalue weighted by Crippen LogP contribution is 2.57. The summed E-state index contributed by atoms with van der Waals surface area (Å²) in [6, 6.07) is 0. The van der Waals surface area contributed by atoms with Gasteiger partial charge in [-0.25, -0.2) is 4.98 Å². The van der Waals surface area contributed by atoms with Crippen LogP contribution in [0, 0.1) is 12.3 Å². The Kier molecular flexibility index (Phi) is 1.14. The van der Waals surface area contributed by atoms with Gasteiger partial charge >= 0.3 is 0 Å². The van der Waals surface area contributed by atoms with Crippen molar-refractivity contribution in [3.05, 3.63) is 11.6 Å². The molecule has 1 aliphatic rings. The van der Waals surface area contributed by atoms with Crippen LogP contribution < -0.4 is 0 Å². The van der Waals surface area contributed by atoms with E-state index in [1.165, 1.54) is 6.42 Å². The molecule has 0 spiro atoms. The quantitative estimate of drug-likeness (QED) is 0.662. The molecule has 3 heteroatoms. The third kappa shape index (κ3) is 1.04. The van der Waals surface area contributed by atoms with Gasteiger partial charge in [-0.1, -0.05) is 13.8 Å². The van der Waals surface area contributed by atoms with Crippen LogP contribution >= 0.6 is 0 Å². The SMILES string of the molecule is Cc1nc(C2CC2(C)C)n[nH]1. The van der Waals surface area contributed by atoms with Crippen molar-refractivity contribution in [1.29, 1.82) is 0 Å². The summed E-state index contributed by atoms with van der Waals surface area (Å²) in [6.07, 6.45) is 1.23. The molecule has 1 unspecified atom stereocenters. The topological polar surface area (TPSA) is 41.6 Å². The Hall–Kier alpha value is -0.860. The fourth-order valence-corrected chi connectivity index (χ4v) is 1.42. The van der Waals surface area contributed by atoms with Gasteiger partial charge in [0.2, 0.25) is 0 Å². The highest BCUT2D eigenvalue weighted by molar-refractivity contribution is 5.14. The number of rotatable bonds is 1. The van der Waals surface area contributed by atoms with E-state index in [4.69, 9.17) is 0 Å². The maximum absolute atomic E-state index is 4.30. The van der Waals surface area contributed by atoms with Crippen molar-refractivity contribution in [3.63, 3.8) is 0 Å². The lowest BCUT2D eigenvalue weighted by atomic mass is 10.1. The van der Waals surface area contributed by atoms with E-state index < -0.39 is 0 Å². The third-order valence-electron chi connectivity index (χ3n) is 2.44. The molecular formula is C8H13N3. The van der Waals surface area contributed by atoms with Crippen molar-refractivity contribution in [2.24, 2.45) is 5.41 Å². The van der Waals surface area contributed by atoms with E-state index in [0.29, 0.717) is 11.3 Å². The molecule has 2 rings (SSSR count). The fourth-order valence-electron chi connectivity index (χ4n) is 1.42. The molecule has 3 nitrogen and oxygen atoms in total. The van der Waals surface area contributed by atoms with E-state index >= 15 is 0 Å². The Morgan fingerprint density at radius 2 is 2.18 bits per heavy atom. The molecule has 0 bridgehead atoms. The molecule has 1 atom stereocenters. The number of nitrogens with one attached hydrogen (secondary N) is 1. The second-order valence-corrected chi connectivity index (χ2v) is 4.02. The summed E-state index contributed by atoms with van der Waals surface area (Å²) < 4.78 is 0. The standard InChI is InChI=1S/C8H13N3/c1-5-9-7(11-10-5)6-4-8(6,2)3/h6H,4H2,1-3H3,(H,9,10,11). The normalized spacial score (nSPS) is 27.0.